The van der Waals surface area contributed by atoms with E-state index in [2.05, 4.69) is 34.3 Å². The van der Waals surface area contributed by atoms with Crippen molar-refractivity contribution in [3.8, 4) is 5.75 Å². The molecule has 146 valence electrons. The average molecular weight is 403 g/mol. The largest absolute Gasteiger partial charge is 0.497 e. The monoisotopic (exact) mass is 402 g/mol. The van der Waals surface area contributed by atoms with E-state index in [1.807, 2.05) is 60.9 Å². The van der Waals surface area contributed by atoms with Gasteiger partial charge in [-0.25, -0.2) is 0 Å². The highest BCUT2D eigenvalue weighted by Gasteiger charge is 2.11. The van der Waals surface area contributed by atoms with E-state index < -0.39 is 0 Å². The summed E-state index contributed by atoms with van der Waals surface area (Å²) in [5.74, 6) is 0.737. The standard InChI is InChI=1S/C24H22N2O2S/c1-28-20-11-7-17(8-12-20)16-26-14-13-18-9-10-19(15-22(18)26)24(27)25-21-5-3-4-6-23(21)29-2/h3-15H,16H2,1-2H3,(H,25,27). The molecular weight excluding hydrogens is 380 g/mol. The minimum atomic E-state index is -0.106. The molecule has 4 aromatic rings. The van der Waals surface area contributed by atoms with Gasteiger partial charge in [0, 0.05) is 28.7 Å². The van der Waals surface area contributed by atoms with Crippen LogP contribution >= 0.6 is 11.8 Å². The number of amides is 1. The highest BCUT2D eigenvalue weighted by molar-refractivity contribution is 7.98. The zero-order valence-electron chi connectivity index (χ0n) is 16.4. The van der Waals surface area contributed by atoms with Crippen molar-refractivity contribution in [1.82, 2.24) is 4.57 Å². The summed E-state index contributed by atoms with van der Waals surface area (Å²) < 4.78 is 7.39. The molecule has 0 aliphatic carbocycles. The molecule has 1 heterocycles. The van der Waals surface area contributed by atoms with Gasteiger partial charge in [-0.05, 0) is 59.7 Å². The van der Waals surface area contributed by atoms with E-state index in [1.165, 1.54) is 5.56 Å². The van der Waals surface area contributed by atoms with Crippen LogP contribution in [0.5, 0.6) is 5.75 Å². The van der Waals surface area contributed by atoms with Crippen LogP contribution in [0.1, 0.15) is 15.9 Å². The number of hydrogen-bond acceptors (Lipinski definition) is 3. The van der Waals surface area contributed by atoms with Crippen molar-refractivity contribution in [3.63, 3.8) is 0 Å². The van der Waals surface area contributed by atoms with Crippen LogP contribution in [0, 0.1) is 0 Å². The Morgan fingerprint density at radius 1 is 1.03 bits per heavy atom. The van der Waals surface area contributed by atoms with E-state index in [4.69, 9.17) is 4.74 Å². The topological polar surface area (TPSA) is 43.3 Å². The summed E-state index contributed by atoms with van der Waals surface area (Å²) in [5, 5.41) is 4.14. The number of anilines is 1. The molecule has 0 atom stereocenters. The highest BCUT2D eigenvalue weighted by Crippen LogP contribution is 2.26. The number of aromatic nitrogens is 1. The lowest BCUT2D eigenvalue weighted by atomic mass is 10.1. The summed E-state index contributed by atoms with van der Waals surface area (Å²) in [6.45, 7) is 0.730. The van der Waals surface area contributed by atoms with E-state index >= 15 is 0 Å². The third-order valence-electron chi connectivity index (χ3n) is 4.90. The van der Waals surface area contributed by atoms with Gasteiger partial charge in [-0.2, -0.15) is 0 Å². The van der Waals surface area contributed by atoms with Gasteiger partial charge in [-0.3, -0.25) is 4.79 Å². The van der Waals surface area contributed by atoms with Gasteiger partial charge in [0.25, 0.3) is 5.91 Å². The predicted octanol–water partition coefficient (Wildman–Crippen LogP) is 5.67. The Labute approximate surface area is 174 Å². The molecule has 4 rings (SSSR count). The van der Waals surface area contributed by atoms with Crippen molar-refractivity contribution in [2.75, 3.05) is 18.7 Å². The molecule has 29 heavy (non-hydrogen) atoms. The van der Waals surface area contributed by atoms with Crippen LogP contribution in [0.3, 0.4) is 0 Å². The fourth-order valence-corrected chi connectivity index (χ4v) is 3.89. The number of methoxy groups -OCH3 is 1. The molecule has 3 aromatic carbocycles. The molecule has 0 unspecified atom stereocenters. The molecule has 0 radical (unpaired) electrons. The van der Waals surface area contributed by atoms with Gasteiger partial charge in [0.05, 0.1) is 12.8 Å². The highest BCUT2D eigenvalue weighted by atomic mass is 32.2. The molecule has 0 fully saturated rings. The number of benzene rings is 3. The number of hydrogen-bond donors (Lipinski definition) is 1. The van der Waals surface area contributed by atoms with Gasteiger partial charge in [-0.1, -0.05) is 30.3 Å². The number of fused-ring (bicyclic) bond motifs is 1. The van der Waals surface area contributed by atoms with Gasteiger partial charge in [0.15, 0.2) is 0 Å². The number of thioether (sulfide) groups is 1. The Bertz CT molecular complexity index is 1150. The summed E-state index contributed by atoms with van der Waals surface area (Å²) in [6, 6.07) is 23.8. The number of ether oxygens (including phenoxy) is 1. The van der Waals surface area contributed by atoms with Crippen LogP contribution in [0.15, 0.2) is 83.9 Å². The second kappa shape index (κ2) is 8.45. The summed E-state index contributed by atoms with van der Waals surface area (Å²) in [7, 11) is 1.67. The molecule has 4 nitrogen and oxygen atoms in total. The molecule has 1 aromatic heterocycles. The second-order valence-electron chi connectivity index (χ2n) is 6.72. The molecule has 5 heteroatoms. The van der Waals surface area contributed by atoms with Gasteiger partial charge in [0.1, 0.15) is 5.75 Å². The molecule has 0 saturated heterocycles. The number of para-hydroxylation sites is 1. The van der Waals surface area contributed by atoms with E-state index in [9.17, 15) is 4.79 Å². The zero-order valence-corrected chi connectivity index (χ0v) is 17.2. The lowest BCUT2D eigenvalue weighted by Crippen LogP contribution is -2.12. The van der Waals surface area contributed by atoms with Crippen LogP contribution in [-0.2, 0) is 6.54 Å². The van der Waals surface area contributed by atoms with E-state index in [-0.39, 0.29) is 5.91 Å². The van der Waals surface area contributed by atoms with Crippen molar-refractivity contribution in [2.24, 2.45) is 0 Å². The lowest BCUT2D eigenvalue weighted by Gasteiger charge is -2.10. The molecule has 0 bridgehead atoms. The zero-order chi connectivity index (χ0) is 20.2. The Morgan fingerprint density at radius 3 is 2.59 bits per heavy atom. The Balaban J connectivity index is 1.59. The minimum absolute atomic E-state index is 0.106. The van der Waals surface area contributed by atoms with Crippen molar-refractivity contribution in [2.45, 2.75) is 11.4 Å². The maximum Gasteiger partial charge on any atom is 0.255 e. The molecular formula is C24H22N2O2S. The van der Waals surface area contributed by atoms with Crippen molar-refractivity contribution in [1.29, 1.82) is 0 Å². The summed E-state index contributed by atoms with van der Waals surface area (Å²) in [5.41, 5.74) is 3.68. The number of rotatable bonds is 6. The summed E-state index contributed by atoms with van der Waals surface area (Å²) in [4.78, 5) is 13.9. The second-order valence-corrected chi connectivity index (χ2v) is 7.57. The van der Waals surface area contributed by atoms with Gasteiger partial charge in [0.2, 0.25) is 0 Å². The van der Waals surface area contributed by atoms with E-state index in [0.29, 0.717) is 5.56 Å². The maximum absolute atomic E-state index is 12.8. The third kappa shape index (κ3) is 4.15. The smallest absolute Gasteiger partial charge is 0.255 e. The Morgan fingerprint density at radius 2 is 1.83 bits per heavy atom. The van der Waals surface area contributed by atoms with Crippen molar-refractivity contribution in [3.05, 3.63) is 90.1 Å². The van der Waals surface area contributed by atoms with Gasteiger partial charge < -0.3 is 14.6 Å². The first kappa shape index (κ1) is 19.2. The van der Waals surface area contributed by atoms with Gasteiger partial charge in [-0.15, -0.1) is 11.8 Å². The first-order chi connectivity index (χ1) is 14.2. The SMILES string of the molecule is COc1ccc(Cn2ccc3ccc(C(=O)Nc4ccccc4SC)cc32)cc1. The van der Waals surface area contributed by atoms with Crippen molar-refractivity contribution >= 4 is 34.3 Å². The fourth-order valence-electron chi connectivity index (χ4n) is 3.33. The predicted molar refractivity (Wildman–Crippen MR) is 120 cm³/mol. The van der Waals surface area contributed by atoms with Crippen LogP contribution in [0.4, 0.5) is 5.69 Å². The van der Waals surface area contributed by atoms with Crippen LogP contribution in [-0.4, -0.2) is 23.8 Å². The summed E-state index contributed by atoms with van der Waals surface area (Å²) >= 11 is 1.62. The number of nitrogens with one attached hydrogen (secondary N) is 1. The van der Waals surface area contributed by atoms with Gasteiger partial charge >= 0.3 is 0 Å². The first-order valence-electron chi connectivity index (χ1n) is 9.34. The third-order valence-corrected chi connectivity index (χ3v) is 5.70. The van der Waals surface area contributed by atoms with E-state index in [0.717, 1.165) is 33.8 Å². The van der Waals surface area contributed by atoms with Crippen LogP contribution < -0.4 is 10.1 Å². The maximum atomic E-state index is 12.8. The molecule has 0 aliphatic heterocycles. The number of carbonyl (C=O) groups is 1. The van der Waals surface area contributed by atoms with E-state index in [1.54, 1.807) is 18.9 Å². The fraction of sp³-hybridized carbons (Fsp3) is 0.125. The molecule has 0 saturated carbocycles. The Kier molecular flexibility index (Phi) is 5.58. The minimum Gasteiger partial charge on any atom is -0.497 e. The Hall–Kier alpha value is -3.18. The van der Waals surface area contributed by atoms with Crippen LogP contribution in [0.2, 0.25) is 0 Å². The molecule has 0 aliphatic rings. The van der Waals surface area contributed by atoms with Crippen LogP contribution in [0.25, 0.3) is 10.9 Å². The molecule has 0 spiro atoms. The first-order valence-corrected chi connectivity index (χ1v) is 10.6. The summed E-state index contributed by atoms with van der Waals surface area (Å²) in [6.07, 6.45) is 4.06. The number of carbonyl (C=O) groups excluding carboxylic acids is 1. The molecule has 1 amide bonds. The average Bonchev–Trinajstić information content (AvgIpc) is 3.16. The lowest BCUT2D eigenvalue weighted by molar-refractivity contribution is 0.102. The quantitative estimate of drug-likeness (QED) is 0.423. The number of nitrogens with zero attached hydrogens (tertiary/aromatic N) is 1. The van der Waals surface area contributed by atoms with Crippen molar-refractivity contribution < 1.29 is 9.53 Å². The normalized spacial score (nSPS) is 10.8. The molecule has 1 N–H and O–H groups in total.